The smallest absolute Gasteiger partial charge is 0.410 e. The van der Waals surface area contributed by atoms with E-state index in [1.807, 2.05) is 96.4 Å². The molecule has 6 rings (SSSR count). The highest BCUT2D eigenvalue weighted by molar-refractivity contribution is 5.86. The number of aliphatic hydroxyl groups is 1. The second-order valence-electron chi connectivity index (χ2n) is 13.8. The van der Waals surface area contributed by atoms with Crippen LogP contribution in [0, 0.1) is 0 Å². The Kier molecular flexibility index (Phi) is 11.7. The van der Waals surface area contributed by atoms with Crippen LogP contribution in [0.1, 0.15) is 67.2 Å². The molecule has 2 aliphatic rings. The second kappa shape index (κ2) is 15.5. The number of nitrogens with one attached hydrogen (secondary N) is 2. The van der Waals surface area contributed by atoms with Crippen molar-refractivity contribution in [1.82, 2.24) is 19.8 Å². The van der Waals surface area contributed by atoms with Crippen molar-refractivity contribution in [2.24, 2.45) is 0 Å². The fraction of sp³-hybridized carbons (Fsp3) is 0.500. The van der Waals surface area contributed by atoms with Crippen molar-refractivity contribution in [1.29, 1.82) is 0 Å². The van der Waals surface area contributed by atoms with E-state index >= 15 is 0 Å². The van der Waals surface area contributed by atoms with Gasteiger partial charge in [0.25, 0.3) is 0 Å². The highest BCUT2D eigenvalue weighted by atomic mass is 16.6. The Bertz CT molecular complexity index is 1600. The molecular weight excluding hydrogens is 600 g/mol. The monoisotopic (exact) mass is 650 g/mol. The van der Waals surface area contributed by atoms with Gasteiger partial charge in [-0.05, 0) is 104 Å². The molecule has 2 amide bonds. The first kappa shape index (κ1) is 35.5. The number of phenols is 1. The number of aromatic hydroxyl groups is 1. The van der Waals surface area contributed by atoms with Gasteiger partial charge in [-0.15, -0.1) is 0 Å². The van der Waals surface area contributed by atoms with Crippen molar-refractivity contribution in [3.05, 3.63) is 60.9 Å². The van der Waals surface area contributed by atoms with Gasteiger partial charge in [-0.1, -0.05) is 12.1 Å². The summed E-state index contributed by atoms with van der Waals surface area (Å²) in [5, 5.41) is 20.2. The lowest BCUT2D eigenvalue weighted by atomic mass is 10.2. The van der Waals surface area contributed by atoms with E-state index in [1.165, 1.54) is 0 Å². The molecule has 0 radical (unpaired) electrons. The second-order valence-corrected chi connectivity index (χ2v) is 13.8. The van der Waals surface area contributed by atoms with Gasteiger partial charge in [-0.3, -0.25) is 0 Å². The molecule has 0 spiro atoms. The zero-order chi connectivity index (χ0) is 34.2. The molecule has 11 heteroatoms. The Labute approximate surface area is 276 Å². The van der Waals surface area contributed by atoms with Gasteiger partial charge < -0.3 is 44.2 Å². The van der Waals surface area contributed by atoms with Crippen molar-refractivity contribution in [2.75, 3.05) is 26.3 Å². The van der Waals surface area contributed by atoms with Gasteiger partial charge in [0, 0.05) is 47.3 Å². The van der Waals surface area contributed by atoms with Gasteiger partial charge in [0.15, 0.2) is 0 Å². The molecule has 2 aromatic carbocycles. The van der Waals surface area contributed by atoms with Gasteiger partial charge >= 0.3 is 12.2 Å². The summed E-state index contributed by atoms with van der Waals surface area (Å²) in [6, 6.07) is 15.2. The number of amides is 2. The summed E-state index contributed by atoms with van der Waals surface area (Å²) in [5.74, 6) is 1.18. The summed E-state index contributed by atoms with van der Waals surface area (Å²) < 4.78 is 16.7. The van der Waals surface area contributed by atoms with Crippen molar-refractivity contribution >= 4 is 34.0 Å². The Morgan fingerprint density at radius 2 is 1.28 bits per heavy atom. The van der Waals surface area contributed by atoms with Gasteiger partial charge in [0.2, 0.25) is 0 Å². The summed E-state index contributed by atoms with van der Waals surface area (Å²) in [7, 11) is 0. The Balaban J connectivity index is 0.000000176. The van der Waals surface area contributed by atoms with Crippen molar-refractivity contribution in [2.45, 2.75) is 90.5 Å². The van der Waals surface area contributed by atoms with Crippen LogP contribution < -0.4 is 4.74 Å². The third kappa shape index (κ3) is 10.1. The number of ether oxygens (including phenoxy) is 3. The number of H-pyrrole nitrogens is 2. The fourth-order valence-corrected chi connectivity index (χ4v) is 5.59. The fourth-order valence-electron chi connectivity index (χ4n) is 5.59. The van der Waals surface area contributed by atoms with Gasteiger partial charge in [-0.2, -0.15) is 0 Å². The van der Waals surface area contributed by atoms with E-state index in [0.29, 0.717) is 18.9 Å². The molecule has 0 aliphatic carbocycles. The number of phenolic OH excluding ortho intramolecular Hbond substituents is 1. The first-order valence-corrected chi connectivity index (χ1v) is 16.3. The van der Waals surface area contributed by atoms with E-state index in [2.05, 4.69) is 9.97 Å². The largest absolute Gasteiger partial charge is 0.507 e. The summed E-state index contributed by atoms with van der Waals surface area (Å²) in [6.07, 6.45) is 6.91. The minimum atomic E-state index is -0.470. The number of carbonyl (C=O) groups is 2. The minimum Gasteiger partial charge on any atom is -0.507 e. The molecular formula is C36H50N4O7. The van der Waals surface area contributed by atoms with E-state index < -0.39 is 11.2 Å². The SMILES string of the molecule is CC(C)(C)OC(=O)N1CCC[C@H]1CO.CC(C)(C)OC(=O)N1CCC[C@H]1COc1cccc2[nH]ccc12.Oc1cccc2[nH]ccc12. The molecule has 11 nitrogen and oxygen atoms in total. The predicted molar refractivity (Wildman–Crippen MR) is 183 cm³/mol. The highest BCUT2D eigenvalue weighted by Crippen LogP contribution is 2.27. The maximum atomic E-state index is 12.3. The average molecular weight is 651 g/mol. The van der Waals surface area contributed by atoms with Crippen LogP contribution in [0.15, 0.2) is 60.9 Å². The number of hydrogen-bond donors (Lipinski definition) is 4. The number of aromatic amines is 2. The first-order valence-electron chi connectivity index (χ1n) is 16.3. The van der Waals surface area contributed by atoms with Crippen LogP contribution in [0.4, 0.5) is 9.59 Å². The molecule has 0 saturated carbocycles. The summed E-state index contributed by atoms with van der Waals surface area (Å²) in [5.41, 5.74) is 1.10. The average Bonchev–Trinajstić information content (AvgIpc) is 3.82. The zero-order valence-electron chi connectivity index (χ0n) is 28.4. The molecule has 2 atom stereocenters. The molecule has 4 aromatic rings. The van der Waals surface area contributed by atoms with Gasteiger partial charge in [-0.25, -0.2) is 9.59 Å². The normalized spacial score (nSPS) is 17.9. The van der Waals surface area contributed by atoms with Crippen LogP contribution >= 0.6 is 0 Å². The maximum Gasteiger partial charge on any atom is 0.410 e. The van der Waals surface area contributed by atoms with Crippen molar-refractivity contribution < 1.29 is 34.0 Å². The van der Waals surface area contributed by atoms with E-state index in [1.54, 1.807) is 15.9 Å². The minimum absolute atomic E-state index is 0.0270. The lowest BCUT2D eigenvalue weighted by Crippen LogP contribution is -2.42. The van der Waals surface area contributed by atoms with Crippen LogP contribution in [0.2, 0.25) is 0 Å². The Morgan fingerprint density at radius 1 is 0.766 bits per heavy atom. The number of benzene rings is 2. The molecule has 2 aliphatic heterocycles. The molecule has 0 unspecified atom stereocenters. The first-order chi connectivity index (χ1) is 22.3. The number of rotatable bonds is 4. The lowest BCUT2D eigenvalue weighted by Gasteiger charge is -2.28. The van der Waals surface area contributed by atoms with Crippen LogP contribution in [0.25, 0.3) is 21.8 Å². The number of likely N-dealkylation sites (tertiary alicyclic amines) is 2. The molecule has 2 fully saturated rings. The summed E-state index contributed by atoms with van der Waals surface area (Å²) >= 11 is 0. The van der Waals surface area contributed by atoms with Crippen LogP contribution in [0.3, 0.4) is 0 Å². The number of carbonyl (C=O) groups excluding carboxylic acids is 2. The van der Waals surface area contributed by atoms with Crippen LogP contribution in [-0.2, 0) is 9.47 Å². The van der Waals surface area contributed by atoms with Crippen LogP contribution in [0.5, 0.6) is 11.5 Å². The van der Waals surface area contributed by atoms with Crippen molar-refractivity contribution in [3.63, 3.8) is 0 Å². The van der Waals surface area contributed by atoms with E-state index in [9.17, 15) is 14.7 Å². The third-order valence-electron chi connectivity index (χ3n) is 7.78. The predicted octanol–water partition coefficient (Wildman–Crippen LogP) is 7.20. The van der Waals surface area contributed by atoms with E-state index in [0.717, 1.165) is 59.8 Å². The number of fused-ring (bicyclic) bond motifs is 2. The highest BCUT2D eigenvalue weighted by Gasteiger charge is 2.33. The standard InChI is InChI=1S/C18H24N2O3.C10H19NO3.C8H7NO/c1-18(2,3)23-17(21)20-11-5-6-13(20)12-22-16-8-4-7-15-14(16)9-10-19-15;1-10(2,3)14-9(13)11-6-4-5-8(11)7-12;10-8-3-1-2-7-6(8)4-5-9-7/h4,7-10,13,19H,5-6,11-12H2,1-3H3;8,12H,4-7H2,1-3H3;1-5,9-10H/t13-;8-;/m00./s1. The van der Waals surface area contributed by atoms with Crippen LogP contribution in [-0.4, -0.2) is 91.8 Å². The molecule has 4 N–H and O–H groups in total. The van der Waals surface area contributed by atoms with Gasteiger partial charge in [0.1, 0.15) is 29.3 Å². The van der Waals surface area contributed by atoms with Gasteiger partial charge in [0.05, 0.1) is 18.7 Å². The molecule has 2 saturated heterocycles. The molecule has 0 bridgehead atoms. The number of nitrogens with zero attached hydrogens (tertiary/aromatic N) is 2. The van der Waals surface area contributed by atoms with Crippen molar-refractivity contribution in [3.8, 4) is 11.5 Å². The Morgan fingerprint density at radius 3 is 1.83 bits per heavy atom. The third-order valence-corrected chi connectivity index (χ3v) is 7.78. The van der Waals surface area contributed by atoms with E-state index in [4.69, 9.17) is 19.3 Å². The molecule has 47 heavy (non-hydrogen) atoms. The quantitative estimate of drug-likeness (QED) is 0.183. The molecule has 2 aromatic heterocycles. The number of hydrogen-bond acceptors (Lipinski definition) is 7. The summed E-state index contributed by atoms with van der Waals surface area (Å²) in [6.45, 7) is 13.1. The molecule has 4 heterocycles. The number of aromatic nitrogens is 2. The maximum absolute atomic E-state index is 12.3. The van der Waals surface area contributed by atoms with E-state index in [-0.39, 0.29) is 30.9 Å². The molecule has 256 valence electrons. The topological polar surface area (TPSA) is 140 Å². The summed E-state index contributed by atoms with van der Waals surface area (Å²) in [4.78, 5) is 33.5. The lowest BCUT2D eigenvalue weighted by molar-refractivity contribution is 0.0171. The Hall–Kier alpha value is -4.38. The number of aliphatic hydroxyl groups excluding tert-OH is 1. The zero-order valence-corrected chi connectivity index (χ0v) is 28.4.